The third-order valence-corrected chi connectivity index (χ3v) is 5.71. The van der Waals surface area contributed by atoms with Crippen molar-refractivity contribution in [1.82, 2.24) is 4.98 Å². The number of carbonyl (C=O) groups is 1. The molecule has 6 nitrogen and oxygen atoms in total. The van der Waals surface area contributed by atoms with Gasteiger partial charge in [0.25, 0.3) is 0 Å². The number of para-hydroxylation sites is 1. The summed E-state index contributed by atoms with van der Waals surface area (Å²) < 4.78 is 0. The van der Waals surface area contributed by atoms with Gasteiger partial charge in [-0.25, -0.2) is 4.98 Å². The van der Waals surface area contributed by atoms with Gasteiger partial charge in [-0.05, 0) is 38.8 Å². The minimum atomic E-state index is -0.283. The highest BCUT2D eigenvalue weighted by Gasteiger charge is 2.33. The van der Waals surface area contributed by atoms with Crippen LogP contribution in [-0.2, 0) is 4.79 Å². The summed E-state index contributed by atoms with van der Waals surface area (Å²) >= 11 is 1.45. The molecule has 0 bridgehead atoms. The number of aromatic nitrogens is 1. The van der Waals surface area contributed by atoms with Gasteiger partial charge in [0.1, 0.15) is 0 Å². The van der Waals surface area contributed by atoms with E-state index in [0.717, 1.165) is 32.9 Å². The van der Waals surface area contributed by atoms with E-state index in [9.17, 15) is 4.79 Å². The van der Waals surface area contributed by atoms with Crippen LogP contribution in [0.1, 0.15) is 22.9 Å². The second kappa shape index (κ2) is 7.60. The Bertz CT molecular complexity index is 1130. The Balaban J connectivity index is 1.61. The molecule has 1 amide bonds. The van der Waals surface area contributed by atoms with E-state index in [1.807, 2.05) is 69.3 Å². The molecule has 0 unspecified atom stereocenters. The number of rotatable bonds is 4. The minimum absolute atomic E-state index is 0.283. The molecular weight excluding hydrogens is 382 g/mol. The first-order chi connectivity index (χ1) is 14.0. The van der Waals surface area contributed by atoms with E-state index in [1.54, 1.807) is 6.92 Å². The average molecular weight is 404 g/mol. The molecule has 0 saturated carbocycles. The van der Waals surface area contributed by atoms with E-state index < -0.39 is 0 Å². The third kappa shape index (κ3) is 3.56. The van der Waals surface area contributed by atoms with Gasteiger partial charge in [-0.3, -0.25) is 10.2 Å². The molecule has 0 saturated heterocycles. The summed E-state index contributed by atoms with van der Waals surface area (Å²) in [5.74, 6) is -0.283. The van der Waals surface area contributed by atoms with Gasteiger partial charge in [0.05, 0.1) is 17.1 Å². The normalized spacial score (nSPS) is 15.2. The van der Waals surface area contributed by atoms with E-state index in [1.165, 1.54) is 16.3 Å². The molecule has 1 aromatic heterocycles. The monoisotopic (exact) mass is 403 g/mol. The standard InChI is InChI=1S/C22H21N5OS/c1-13-9-8-10-14(2)18(13)24-25-19-15(3)26-27(21(19)28)22-23-20(16(4)29-22)17-11-6-5-7-12-17/h5-12,24H,1-4H3/b25-19+. The first-order valence-corrected chi connectivity index (χ1v) is 10.1. The second-order valence-corrected chi connectivity index (χ2v) is 8.09. The van der Waals surface area contributed by atoms with Crippen LogP contribution < -0.4 is 10.4 Å². The van der Waals surface area contributed by atoms with Gasteiger partial charge < -0.3 is 0 Å². The Hall–Kier alpha value is -3.32. The molecule has 0 aliphatic carbocycles. The number of thiazole rings is 1. The van der Waals surface area contributed by atoms with Gasteiger partial charge >= 0.3 is 5.91 Å². The summed E-state index contributed by atoms with van der Waals surface area (Å²) in [6, 6.07) is 15.9. The number of nitrogens with zero attached hydrogens (tertiary/aromatic N) is 4. The van der Waals surface area contributed by atoms with Crippen LogP contribution >= 0.6 is 11.3 Å². The van der Waals surface area contributed by atoms with E-state index in [-0.39, 0.29) is 5.91 Å². The van der Waals surface area contributed by atoms with Crippen molar-refractivity contribution in [3.05, 3.63) is 64.5 Å². The lowest BCUT2D eigenvalue weighted by Gasteiger charge is -2.09. The predicted octanol–water partition coefficient (Wildman–Crippen LogP) is 4.93. The molecule has 0 fully saturated rings. The van der Waals surface area contributed by atoms with Crippen molar-refractivity contribution >= 4 is 39.5 Å². The second-order valence-electron chi connectivity index (χ2n) is 6.91. The summed E-state index contributed by atoms with van der Waals surface area (Å²) in [6.45, 7) is 7.78. The zero-order chi connectivity index (χ0) is 20.5. The zero-order valence-electron chi connectivity index (χ0n) is 16.7. The van der Waals surface area contributed by atoms with Crippen LogP contribution in [-0.4, -0.2) is 22.3 Å². The Morgan fingerprint density at radius 2 is 1.66 bits per heavy atom. The van der Waals surface area contributed by atoms with Crippen LogP contribution in [0.25, 0.3) is 11.3 Å². The number of anilines is 2. The zero-order valence-corrected chi connectivity index (χ0v) is 17.5. The Labute approximate surface area is 173 Å². The maximum atomic E-state index is 13.0. The molecule has 0 spiro atoms. The van der Waals surface area contributed by atoms with Gasteiger partial charge in [0.2, 0.25) is 5.13 Å². The molecule has 1 aliphatic heterocycles. The number of amides is 1. The third-order valence-electron chi connectivity index (χ3n) is 4.76. The van der Waals surface area contributed by atoms with Crippen LogP contribution in [0.5, 0.6) is 0 Å². The number of hydrogen-bond donors (Lipinski definition) is 1. The number of carbonyl (C=O) groups excluding carboxylic acids is 1. The first-order valence-electron chi connectivity index (χ1n) is 9.28. The van der Waals surface area contributed by atoms with Crippen LogP contribution in [0.15, 0.2) is 58.7 Å². The summed E-state index contributed by atoms with van der Waals surface area (Å²) in [7, 11) is 0. The van der Waals surface area contributed by atoms with Gasteiger partial charge in [0, 0.05) is 10.4 Å². The predicted molar refractivity (Wildman–Crippen MR) is 120 cm³/mol. The fourth-order valence-electron chi connectivity index (χ4n) is 3.20. The SMILES string of the molecule is CC1=NN(c2nc(-c3ccccc3)c(C)s2)C(=O)/C1=N/Nc1c(C)cccc1C. The van der Waals surface area contributed by atoms with Crippen LogP contribution in [0.3, 0.4) is 0 Å². The van der Waals surface area contributed by atoms with Gasteiger partial charge in [-0.1, -0.05) is 59.9 Å². The highest BCUT2D eigenvalue weighted by Crippen LogP contribution is 2.33. The maximum absolute atomic E-state index is 13.0. The van der Waals surface area contributed by atoms with Crippen molar-refractivity contribution in [1.29, 1.82) is 0 Å². The molecule has 7 heteroatoms. The van der Waals surface area contributed by atoms with Gasteiger partial charge in [-0.2, -0.15) is 15.2 Å². The van der Waals surface area contributed by atoms with Crippen LogP contribution in [0.2, 0.25) is 0 Å². The molecular formula is C22H21N5OS. The fourth-order valence-corrected chi connectivity index (χ4v) is 4.08. The van der Waals surface area contributed by atoms with Crippen LogP contribution in [0, 0.1) is 20.8 Å². The Morgan fingerprint density at radius 3 is 2.34 bits per heavy atom. The van der Waals surface area contributed by atoms with Crippen molar-refractivity contribution in [2.75, 3.05) is 10.4 Å². The number of hydrogen-bond acceptors (Lipinski definition) is 6. The van der Waals surface area contributed by atoms with Crippen LogP contribution in [0.4, 0.5) is 10.8 Å². The lowest BCUT2D eigenvalue weighted by atomic mass is 10.1. The van der Waals surface area contributed by atoms with Crippen molar-refractivity contribution in [2.45, 2.75) is 27.7 Å². The topological polar surface area (TPSA) is 70.0 Å². The first kappa shape index (κ1) is 19.0. The smallest absolute Gasteiger partial charge is 0.277 e. The van der Waals surface area contributed by atoms with Gasteiger partial charge in [0.15, 0.2) is 5.71 Å². The molecule has 2 heterocycles. The van der Waals surface area contributed by atoms with Crippen molar-refractivity contribution in [2.24, 2.45) is 10.2 Å². The molecule has 0 atom stereocenters. The highest BCUT2D eigenvalue weighted by molar-refractivity contribution is 7.16. The van der Waals surface area contributed by atoms with Gasteiger partial charge in [-0.15, -0.1) is 0 Å². The molecule has 0 radical (unpaired) electrons. The molecule has 1 aliphatic rings. The summed E-state index contributed by atoms with van der Waals surface area (Å²) in [6.07, 6.45) is 0. The highest BCUT2D eigenvalue weighted by atomic mass is 32.1. The number of nitrogens with one attached hydrogen (secondary N) is 1. The Kier molecular flexibility index (Phi) is 4.98. The summed E-state index contributed by atoms with van der Waals surface area (Å²) in [4.78, 5) is 18.7. The lowest BCUT2D eigenvalue weighted by molar-refractivity contribution is -0.112. The number of benzene rings is 2. The van der Waals surface area contributed by atoms with E-state index in [4.69, 9.17) is 0 Å². The quantitative estimate of drug-likeness (QED) is 0.628. The molecule has 4 rings (SSSR count). The Morgan fingerprint density at radius 1 is 0.966 bits per heavy atom. The summed E-state index contributed by atoms with van der Waals surface area (Å²) in [5, 5.41) is 10.6. The van der Waals surface area contributed by atoms with Crippen molar-refractivity contribution in [3.8, 4) is 11.3 Å². The summed E-state index contributed by atoms with van der Waals surface area (Å²) in [5.41, 5.74) is 8.80. The van der Waals surface area contributed by atoms with E-state index in [0.29, 0.717) is 16.6 Å². The average Bonchev–Trinajstić information content (AvgIpc) is 3.22. The number of aryl methyl sites for hydroxylation is 3. The molecule has 2 aromatic carbocycles. The largest absolute Gasteiger partial charge is 0.303 e. The molecule has 146 valence electrons. The van der Waals surface area contributed by atoms with Crippen molar-refractivity contribution < 1.29 is 4.79 Å². The number of hydrazone groups is 2. The van der Waals surface area contributed by atoms with Crippen molar-refractivity contribution in [3.63, 3.8) is 0 Å². The minimum Gasteiger partial charge on any atom is -0.277 e. The molecule has 1 N–H and O–H groups in total. The van der Waals surface area contributed by atoms with E-state index in [2.05, 4.69) is 20.6 Å². The lowest BCUT2D eigenvalue weighted by Crippen LogP contribution is -2.28. The molecule has 3 aromatic rings. The fraction of sp³-hybridized carbons (Fsp3) is 0.182. The molecule has 29 heavy (non-hydrogen) atoms. The van der Waals surface area contributed by atoms with E-state index >= 15 is 0 Å². The maximum Gasteiger partial charge on any atom is 0.303 e.